The number of aliphatic hydroxyl groups is 1. The second kappa shape index (κ2) is 13.4. The highest BCUT2D eigenvalue weighted by Gasteiger charge is 2.48. The zero-order valence-electron chi connectivity index (χ0n) is 24.3. The Morgan fingerprint density at radius 3 is 1.98 bits per heavy atom. The summed E-state index contributed by atoms with van der Waals surface area (Å²) >= 11 is 0. The molecular formula is C33H36N2O8. The first-order valence-corrected chi connectivity index (χ1v) is 14.2. The van der Waals surface area contributed by atoms with Crippen molar-refractivity contribution in [3.05, 3.63) is 129 Å². The van der Waals surface area contributed by atoms with Crippen molar-refractivity contribution >= 4 is 0 Å². The lowest BCUT2D eigenvalue weighted by Crippen LogP contribution is -2.41. The van der Waals surface area contributed by atoms with Crippen molar-refractivity contribution in [2.75, 3.05) is 27.4 Å². The van der Waals surface area contributed by atoms with Gasteiger partial charge in [-0.05, 0) is 47.4 Å². The molecule has 10 heteroatoms. The van der Waals surface area contributed by atoms with E-state index in [2.05, 4.69) is 4.98 Å². The van der Waals surface area contributed by atoms with Gasteiger partial charge in [-0.3, -0.25) is 14.3 Å². The molecule has 0 saturated carbocycles. The second-order valence-electron chi connectivity index (χ2n) is 10.2. The minimum absolute atomic E-state index is 0.0608. The molecule has 4 atom stereocenters. The third kappa shape index (κ3) is 6.14. The molecule has 0 amide bonds. The number of aromatic nitrogens is 2. The normalized spacial score (nSPS) is 20.2. The van der Waals surface area contributed by atoms with Crippen LogP contribution in [-0.2, 0) is 19.8 Å². The maximum absolute atomic E-state index is 12.7. The highest BCUT2D eigenvalue weighted by Crippen LogP contribution is 2.43. The smallest absolute Gasteiger partial charge is 0.330 e. The fourth-order valence-electron chi connectivity index (χ4n) is 5.42. The molecule has 4 aromatic rings. The van der Waals surface area contributed by atoms with E-state index in [0.29, 0.717) is 24.5 Å². The van der Waals surface area contributed by atoms with Crippen LogP contribution in [-0.4, -0.2) is 60.4 Å². The van der Waals surface area contributed by atoms with Crippen LogP contribution in [0.2, 0.25) is 0 Å². The highest BCUT2D eigenvalue weighted by molar-refractivity contribution is 5.49. The first kappa shape index (κ1) is 30.2. The van der Waals surface area contributed by atoms with Gasteiger partial charge in [-0.1, -0.05) is 61.5 Å². The monoisotopic (exact) mass is 588 g/mol. The fraction of sp³-hybridized carbons (Fsp3) is 0.333. The maximum atomic E-state index is 12.7. The lowest BCUT2D eigenvalue weighted by molar-refractivity contribution is -0.0981. The second-order valence-corrected chi connectivity index (χ2v) is 10.2. The van der Waals surface area contributed by atoms with Gasteiger partial charge >= 0.3 is 5.69 Å². The van der Waals surface area contributed by atoms with Gasteiger partial charge in [-0.2, -0.15) is 0 Å². The van der Waals surface area contributed by atoms with E-state index in [1.54, 1.807) is 14.2 Å². The number of H-pyrrole nitrogens is 1. The molecule has 2 heterocycles. The van der Waals surface area contributed by atoms with E-state index in [1.807, 2.05) is 85.8 Å². The number of ether oxygens (including phenoxy) is 5. The molecule has 1 aliphatic rings. The molecule has 0 radical (unpaired) electrons. The zero-order valence-corrected chi connectivity index (χ0v) is 24.3. The zero-order chi connectivity index (χ0) is 30.4. The van der Waals surface area contributed by atoms with Gasteiger partial charge in [0, 0.05) is 18.9 Å². The molecule has 0 unspecified atom stereocenters. The van der Waals surface area contributed by atoms with E-state index in [0.717, 1.165) is 16.7 Å². The molecular weight excluding hydrogens is 552 g/mol. The Hall–Kier alpha value is -4.22. The molecule has 1 saturated heterocycles. The molecule has 0 bridgehead atoms. The predicted molar refractivity (Wildman–Crippen MR) is 160 cm³/mol. The van der Waals surface area contributed by atoms with Crippen LogP contribution in [0.1, 0.15) is 36.3 Å². The van der Waals surface area contributed by atoms with Crippen molar-refractivity contribution in [3.63, 3.8) is 0 Å². The molecule has 1 aromatic heterocycles. The van der Waals surface area contributed by atoms with E-state index < -0.39 is 41.4 Å². The summed E-state index contributed by atoms with van der Waals surface area (Å²) in [4.78, 5) is 26.6. The Labute approximate surface area is 249 Å². The first-order valence-electron chi connectivity index (χ1n) is 14.2. The summed E-state index contributed by atoms with van der Waals surface area (Å²) in [6.45, 7) is 2.23. The topological polar surface area (TPSA) is 121 Å². The summed E-state index contributed by atoms with van der Waals surface area (Å²) in [7, 11) is 3.22. The molecule has 1 aliphatic heterocycles. The summed E-state index contributed by atoms with van der Waals surface area (Å²) in [6, 6.07) is 26.2. The van der Waals surface area contributed by atoms with Gasteiger partial charge in [0.05, 0.1) is 20.8 Å². The summed E-state index contributed by atoms with van der Waals surface area (Å²) in [5.74, 6) is 1.39. The Balaban J connectivity index is 1.57. The average molecular weight is 589 g/mol. The van der Waals surface area contributed by atoms with Crippen LogP contribution in [0.3, 0.4) is 0 Å². The number of nitrogens with zero attached hydrogens (tertiary/aromatic N) is 1. The van der Waals surface area contributed by atoms with Crippen LogP contribution < -0.4 is 20.7 Å². The van der Waals surface area contributed by atoms with Gasteiger partial charge in [0.1, 0.15) is 35.4 Å². The molecule has 10 nitrogen and oxygen atoms in total. The molecule has 2 N–H and O–H groups in total. The van der Waals surface area contributed by atoms with Crippen LogP contribution in [0.4, 0.5) is 0 Å². The Kier molecular flexibility index (Phi) is 9.42. The van der Waals surface area contributed by atoms with Gasteiger partial charge in [0.2, 0.25) is 0 Å². The van der Waals surface area contributed by atoms with Crippen LogP contribution in [0.15, 0.2) is 101 Å². The largest absolute Gasteiger partial charge is 0.497 e. The minimum Gasteiger partial charge on any atom is -0.497 e. The third-order valence-electron chi connectivity index (χ3n) is 7.59. The van der Waals surface area contributed by atoms with Crippen molar-refractivity contribution < 1.29 is 28.8 Å². The van der Waals surface area contributed by atoms with E-state index in [9.17, 15) is 14.7 Å². The summed E-state index contributed by atoms with van der Waals surface area (Å²) in [6.07, 6.45) is -1.81. The van der Waals surface area contributed by atoms with Crippen molar-refractivity contribution in [2.45, 2.75) is 43.5 Å². The summed E-state index contributed by atoms with van der Waals surface area (Å²) in [5.41, 5.74) is 0.178. The molecule has 3 aromatic carbocycles. The van der Waals surface area contributed by atoms with Crippen LogP contribution in [0.25, 0.3) is 0 Å². The molecule has 1 fully saturated rings. The number of aliphatic hydroxyl groups excluding tert-OH is 1. The predicted octanol–water partition coefficient (Wildman–Crippen LogP) is 3.62. The Bertz CT molecular complexity index is 1540. The summed E-state index contributed by atoms with van der Waals surface area (Å²) < 4.78 is 31.2. The van der Waals surface area contributed by atoms with Crippen molar-refractivity contribution in [1.29, 1.82) is 0 Å². The Morgan fingerprint density at radius 1 is 0.860 bits per heavy atom. The summed E-state index contributed by atoms with van der Waals surface area (Å²) in [5, 5.41) is 11.4. The van der Waals surface area contributed by atoms with Gasteiger partial charge in [0.25, 0.3) is 5.56 Å². The van der Waals surface area contributed by atoms with Crippen molar-refractivity contribution in [3.8, 4) is 11.5 Å². The van der Waals surface area contributed by atoms with Crippen LogP contribution in [0, 0.1) is 0 Å². The quantitative estimate of drug-likeness (QED) is 0.241. The lowest BCUT2D eigenvalue weighted by atomic mass is 9.80. The number of hydrogen-bond acceptors (Lipinski definition) is 8. The van der Waals surface area contributed by atoms with Gasteiger partial charge < -0.3 is 28.8 Å². The minimum atomic E-state index is -1.13. The standard InChI is InChI=1S/C33H36N2O8/c1-4-20-41-30-29(37)27(43-31(30)35-19-18-28(36)34-32(35)38)21-42-33(22-8-6-5-7-9-22,23-10-14-25(39-2)15-11-23)24-12-16-26(40-3)17-13-24/h5-19,27,29-31,37H,4,20-21H2,1-3H3,(H,34,36,38)/t27-,29-,30-,31-/m1/s1. The number of aromatic amines is 1. The molecule has 226 valence electrons. The number of rotatable bonds is 12. The van der Waals surface area contributed by atoms with E-state index in [-0.39, 0.29) is 6.61 Å². The maximum Gasteiger partial charge on any atom is 0.330 e. The van der Waals surface area contributed by atoms with E-state index >= 15 is 0 Å². The van der Waals surface area contributed by atoms with Crippen molar-refractivity contribution in [1.82, 2.24) is 9.55 Å². The highest BCUT2D eigenvalue weighted by atomic mass is 16.6. The SMILES string of the molecule is CCCO[C@@H]1[C@H](O)[C@@H](COC(c2ccccc2)(c2ccc(OC)cc2)c2ccc(OC)cc2)O[C@H]1n1ccc(=O)[nH]c1=O. The van der Waals surface area contributed by atoms with Crippen LogP contribution in [0.5, 0.6) is 11.5 Å². The fourth-order valence-corrected chi connectivity index (χ4v) is 5.42. The van der Waals surface area contributed by atoms with Gasteiger partial charge in [-0.15, -0.1) is 0 Å². The number of hydrogen-bond donors (Lipinski definition) is 2. The average Bonchev–Trinajstić information content (AvgIpc) is 3.35. The molecule has 5 rings (SSSR count). The lowest BCUT2D eigenvalue weighted by Gasteiger charge is -2.37. The van der Waals surface area contributed by atoms with E-state index in [4.69, 9.17) is 23.7 Å². The number of methoxy groups -OCH3 is 2. The first-order chi connectivity index (χ1) is 20.9. The van der Waals surface area contributed by atoms with Crippen LogP contribution >= 0.6 is 0 Å². The molecule has 0 aliphatic carbocycles. The Morgan fingerprint density at radius 2 is 1.44 bits per heavy atom. The number of nitrogens with one attached hydrogen (secondary N) is 1. The molecule has 43 heavy (non-hydrogen) atoms. The molecule has 0 spiro atoms. The van der Waals surface area contributed by atoms with Gasteiger partial charge in [0.15, 0.2) is 6.23 Å². The number of benzene rings is 3. The van der Waals surface area contributed by atoms with Crippen molar-refractivity contribution in [2.24, 2.45) is 0 Å². The third-order valence-corrected chi connectivity index (χ3v) is 7.59. The van der Waals surface area contributed by atoms with Gasteiger partial charge in [-0.25, -0.2) is 4.79 Å². The van der Waals surface area contributed by atoms with E-state index in [1.165, 1.54) is 16.8 Å².